The first-order valence-electron chi connectivity index (χ1n) is 9.67. The topological polar surface area (TPSA) is 52.9 Å². The number of allylic oxidation sites excluding steroid dienone is 7. The van der Waals surface area contributed by atoms with Crippen LogP contribution in [0.4, 0.5) is 4.39 Å². The molecule has 1 aliphatic heterocycles. The molecule has 4 rings (SSSR count). The van der Waals surface area contributed by atoms with Crippen molar-refractivity contribution >= 4 is 28.5 Å². The van der Waals surface area contributed by atoms with Gasteiger partial charge >= 0.3 is 0 Å². The van der Waals surface area contributed by atoms with Crippen LogP contribution in [0.3, 0.4) is 0 Å². The molecule has 2 heterocycles. The first-order chi connectivity index (χ1) is 14.5. The maximum absolute atomic E-state index is 14.0. The van der Waals surface area contributed by atoms with Crippen LogP contribution in [0.5, 0.6) is 0 Å². The van der Waals surface area contributed by atoms with Crippen molar-refractivity contribution in [2.45, 2.75) is 26.7 Å². The zero-order valence-corrected chi connectivity index (χ0v) is 17.5. The van der Waals surface area contributed by atoms with Crippen LogP contribution in [-0.4, -0.2) is 21.8 Å². The van der Waals surface area contributed by atoms with E-state index in [1.54, 1.807) is 18.3 Å². The summed E-state index contributed by atoms with van der Waals surface area (Å²) < 4.78 is 14.0. The van der Waals surface area contributed by atoms with Crippen LogP contribution >= 0.6 is 11.3 Å². The molecule has 0 bridgehead atoms. The van der Waals surface area contributed by atoms with Gasteiger partial charge in [-0.2, -0.15) is 0 Å². The molecule has 2 aromatic rings. The fourth-order valence-corrected chi connectivity index (χ4v) is 4.41. The molecule has 1 aliphatic carbocycles. The molecule has 30 heavy (non-hydrogen) atoms. The van der Waals surface area contributed by atoms with Crippen molar-refractivity contribution in [1.82, 2.24) is 5.06 Å². The Hall–Kier alpha value is -3.09. The molecule has 0 spiro atoms. The van der Waals surface area contributed by atoms with Crippen molar-refractivity contribution in [2.24, 2.45) is 4.99 Å². The van der Waals surface area contributed by atoms with Gasteiger partial charge in [-0.05, 0) is 56.5 Å². The second kappa shape index (κ2) is 8.34. The van der Waals surface area contributed by atoms with Gasteiger partial charge in [-0.15, -0.1) is 11.3 Å². The largest absolute Gasteiger partial charge is 0.286 e. The predicted molar refractivity (Wildman–Crippen MR) is 118 cm³/mol. The standard InChI is InChI=1S/C24H21FN2O2S/c1-15-11-14-21(30-15)22-16(2)27(29)23(18-9-6-10-19(25)24(18)28)20(26-22)13-12-17-7-4-3-5-8-17/h3-11,14,29H,12-13H2,1-2H3. The Bertz CT molecular complexity index is 1150. The maximum Gasteiger partial charge on any atom is 0.223 e. The number of ketones is 1. The number of hydroxylamine groups is 2. The minimum absolute atomic E-state index is 0.102. The van der Waals surface area contributed by atoms with Crippen LogP contribution in [-0.2, 0) is 11.2 Å². The first kappa shape index (κ1) is 20.2. The average Bonchev–Trinajstić information content (AvgIpc) is 3.18. The molecule has 0 fully saturated rings. The normalized spacial score (nSPS) is 19.3. The third-order valence-electron chi connectivity index (χ3n) is 5.08. The summed E-state index contributed by atoms with van der Waals surface area (Å²) in [5, 5.41) is 12.0. The molecule has 2 aliphatic rings. The quantitative estimate of drug-likeness (QED) is 0.639. The molecule has 6 heteroatoms. The summed E-state index contributed by atoms with van der Waals surface area (Å²) in [6.07, 6.45) is 5.29. The van der Waals surface area contributed by atoms with Gasteiger partial charge in [0.15, 0.2) is 5.83 Å². The maximum atomic E-state index is 14.0. The molecule has 1 aromatic heterocycles. The van der Waals surface area contributed by atoms with Crippen molar-refractivity contribution < 1.29 is 14.4 Å². The van der Waals surface area contributed by atoms with Gasteiger partial charge in [0.05, 0.1) is 21.9 Å². The molecule has 1 aromatic carbocycles. The molecule has 0 atom stereocenters. The van der Waals surface area contributed by atoms with Gasteiger partial charge < -0.3 is 0 Å². The van der Waals surface area contributed by atoms with Crippen LogP contribution in [0, 0.1) is 6.92 Å². The zero-order chi connectivity index (χ0) is 21.3. The molecule has 0 radical (unpaired) electrons. The minimum Gasteiger partial charge on any atom is -0.286 e. The smallest absolute Gasteiger partial charge is 0.223 e. The molecule has 152 valence electrons. The summed E-state index contributed by atoms with van der Waals surface area (Å²) in [5.74, 6) is -1.60. The van der Waals surface area contributed by atoms with E-state index in [4.69, 9.17) is 4.99 Å². The Kier molecular flexibility index (Phi) is 5.61. The predicted octanol–water partition coefficient (Wildman–Crippen LogP) is 5.77. The molecule has 0 saturated heterocycles. The summed E-state index contributed by atoms with van der Waals surface area (Å²) in [6, 6.07) is 13.9. The number of aryl methyl sites for hydroxylation is 2. The number of hydrogen-bond acceptors (Lipinski definition) is 5. The molecule has 0 unspecified atom stereocenters. The summed E-state index contributed by atoms with van der Waals surface area (Å²) in [4.78, 5) is 19.4. The lowest BCUT2D eigenvalue weighted by Gasteiger charge is -2.30. The number of aliphatic imine (C=N–C) groups is 1. The van der Waals surface area contributed by atoms with Crippen molar-refractivity contribution in [1.29, 1.82) is 0 Å². The highest BCUT2D eigenvalue weighted by atomic mass is 32.1. The summed E-state index contributed by atoms with van der Waals surface area (Å²) in [5.41, 5.74) is 3.17. The number of rotatable bonds is 4. The molecule has 4 nitrogen and oxygen atoms in total. The molecule has 0 saturated carbocycles. The number of carbonyl (C=O) groups is 1. The van der Waals surface area contributed by atoms with E-state index in [0.717, 1.165) is 26.5 Å². The Balaban J connectivity index is 1.80. The van der Waals surface area contributed by atoms with Gasteiger partial charge in [0.25, 0.3) is 0 Å². The minimum atomic E-state index is -0.850. The van der Waals surface area contributed by atoms with Gasteiger partial charge in [-0.1, -0.05) is 36.4 Å². The number of halogens is 1. The number of carbonyl (C=O) groups excluding carboxylic acids is 1. The molecular weight excluding hydrogens is 399 g/mol. The number of Topliss-reactive ketones (excluding diaryl/α,β-unsaturated/α-hetero) is 1. The number of nitrogens with zero attached hydrogens (tertiary/aromatic N) is 2. The Morgan fingerprint density at radius 2 is 1.87 bits per heavy atom. The Labute approximate surface area is 178 Å². The van der Waals surface area contributed by atoms with Crippen LogP contribution in [0.1, 0.15) is 28.7 Å². The van der Waals surface area contributed by atoms with Gasteiger partial charge in [0.2, 0.25) is 5.78 Å². The lowest BCUT2D eigenvalue weighted by Crippen LogP contribution is -2.30. The highest BCUT2D eigenvalue weighted by Gasteiger charge is 2.31. The summed E-state index contributed by atoms with van der Waals surface area (Å²) in [7, 11) is 0. The van der Waals surface area contributed by atoms with Gasteiger partial charge in [0.1, 0.15) is 11.4 Å². The number of benzene rings is 1. The van der Waals surface area contributed by atoms with E-state index < -0.39 is 11.6 Å². The second-order valence-electron chi connectivity index (χ2n) is 7.17. The molecule has 0 amide bonds. The lowest BCUT2D eigenvalue weighted by atomic mass is 9.95. The van der Waals surface area contributed by atoms with Crippen LogP contribution in [0.25, 0.3) is 5.70 Å². The second-order valence-corrected chi connectivity index (χ2v) is 8.45. The fourth-order valence-electron chi connectivity index (χ4n) is 3.50. The van der Waals surface area contributed by atoms with Crippen molar-refractivity contribution in [2.75, 3.05) is 0 Å². The van der Waals surface area contributed by atoms with Crippen LogP contribution < -0.4 is 0 Å². The first-order valence-corrected chi connectivity index (χ1v) is 10.5. The van der Waals surface area contributed by atoms with E-state index in [9.17, 15) is 14.4 Å². The molecule has 1 N–H and O–H groups in total. The van der Waals surface area contributed by atoms with Gasteiger partial charge in [0, 0.05) is 4.88 Å². The van der Waals surface area contributed by atoms with E-state index >= 15 is 0 Å². The van der Waals surface area contributed by atoms with E-state index in [1.807, 2.05) is 49.4 Å². The monoisotopic (exact) mass is 420 g/mol. The average molecular weight is 421 g/mol. The Morgan fingerprint density at radius 3 is 2.57 bits per heavy atom. The SMILES string of the molecule is CC1=C(c2ccc(C)s2)N=C(CCc2ccccc2)C(=C2C=CC=C(F)C2=O)N1O. The van der Waals surface area contributed by atoms with Crippen LogP contribution in [0.2, 0.25) is 0 Å². The fraction of sp³-hybridized carbons (Fsp3) is 0.167. The Morgan fingerprint density at radius 1 is 1.10 bits per heavy atom. The summed E-state index contributed by atoms with van der Waals surface area (Å²) >= 11 is 1.59. The van der Waals surface area contributed by atoms with E-state index in [-0.39, 0.29) is 11.3 Å². The van der Waals surface area contributed by atoms with Gasteiger partial charge in [-0.3, -0.25) is 10.0 Å². The van der Waals surface area contributed by atoms with E-state index in [1.165, 1.54) is 12.2 Å². The van der Waals surface area contributed by atoms with E-state index in [2.05, 4.69) is 0 Å². The highest BCUT2D eigenvalue weighted by Crippen LogP contribution is 2.36. The highest BCUT2D eigenvalue weighted by molar-refractivity contribution is 7.13. The van der Waals surface area contributed by atoms with Crippen molar-refractivity contribution in [3.8, 4) is 0 Å². The lowest BCUT2D eigenvalue weighted by molar-refractivity contribution is -0.113. The molecular formula is C24H21FN2O2S. The van der Waals surface area contributed by atoms with Gasteiger partial charge in [-0.25, -0.2) is 14.4 Å². The number of thiophene rings is 1. The van der Waals surface area contributed by atoms with Crippen LogP contribution in [0.15, 0.2) is 88.5 Å². The van der Waals surface area contributed by atoms with Crippen molar-refractivity contribution in [3.05, 3.63) is 98.8 Å². The summed E-state index contributed by atoms with van der Waals surface area (Å²) in [6.45, 7) is 3.75. The van der Waals surface area contributed by atoms with E-state index in [0.29, 0.717) is 29.9 Å². The zero-order valence-electron chi connectivity index (χ0n) is 16.7. The third kappa shape index (κ3) is 3.84. The third-order valence-corrected chi connectivity index (χ3v) is 6.09. The van der Waals surface area contributed by atoms with Crippen molar-refractivity contribution in [3.63, 3.8) is 0 Å². The number of hydrogen-bond donors (Lipinski definition) is 1.